The molecule has 26 heavy (non-hydrogen) atoms. The van der Waals surface area contributed by atoms with Gasteiger partial charge in [0.1, 0.15) is 5.75 Å². The Kier molecular flexibility index (Phi) is 6.45. The predicted octanol–water partition coefficient (Wildman–Crippen LogP) is 5.16. The number of thiocarbonyl (C=S) groups is 1. The molecule has 3 rings (SSSR count). The fraction of sp³-hybridized carbons (Fsp3) is 0.227. The highest BCUT2D eigenvalue weighted by Gasteiger charge is 2.02. The second-order valence-electron chi connectivity index (χ2n) is 6.08. The summed E-state index contributed by atoms with van der Waals surface area (Å²) in [6.45, 7) is 3.46. The standard InChI is InChI=1S/C22H24N2OS/c1-2-25-20-13-6-12-19(16-20)24-22(26)23-15-7-11-18-10-5-9-17-8-3-4-14-21(17)18/h3-6,8-10,12-14,16H,2,7,11,15H2,1H3,(H2,23,24,26). The third-order valence-electron chi connectivity index (χ3n) is 4.19. The summed E-state index contributed by atoms with van der Waals surface area (Å²) >= 11 is 5.39. The van der Waals surface area contributed by atoms with Crippen LogP contribution >= 0.6 is 12.2 Å². The van der Waals surface area contributed by atoms with Crippen LogP contribution in [0.3, 0.4) is 0 Å². The summed E-state index contributed by atoms with van der Waals surface area (Å²) in [6.07, 6.45) is 2.05. The van der Waals surface area contributed by atoms with E-state index in [-0.39, 0.29) is 0 Å². The van der Waals surface area contributed by atoms with Gasteiger partial charge >= 0.3 is 0 Å². The smallest absolute Gasteiger partial charge is 0.170 e. The second-order valence-corrected chi connectivity index (χ2v) is 6.49. The lowest BCUT2D eigenvalue weighted by Crippen LogP contribution is -2.29. The van der Waals surface area contributed by atoms with Crippen LogP contribution in [0, 0.1) is 0 Å². The van der Waals surface area contributed by atoms with E-state index < -0.39 is 0 Å². The first-order valence-corrected chi connectivity index (χ1v) is 9.41. The zero-order valence-electron chi connectivity index (χ0n) is 15.0. The Morgan fingerprint density at radius 2 is 1.81 bits per heavy atom. The summed E-state index contributed by atoms with van der Waals surface area (Å²) in [5, 5.41) is 9.76. The molecule has 4 heteroatoms. The molecule has 0 saturated heterocycles. The van der Waals surface area contributed by atoms with Crippen molar-refractivity contribution in [2.24, 2.45) is 0 Å². The van der Waals surface area contributed by atoms with Crippen molar-refractivity contribution in [1.82, 2.24) is 5.32 Å². The van der Waals surface area contributed by atoms with E-state index in [1.165, 1.54) is 16.3 Å². The van der Waals surface area contributed by atoms with Crippen LogP contribution < -0.4 is 15.4 Å². The highest BCUT2D eigenvalue weighted by Crippen LogP contribution is 2.20. The van der Waals surface area contributed by atoms with Crippen LogP contribution in [0.1, 0.15) is 18.9 Å². The van der Waals surface area contributed by atoms with Crippen molar-refractivity contribution in [1.29, 1.82) is 0 Å². The normalized spacial score (nSPS) is 10.5. The van der Waals surface area contributed by atoms with Gasteiger partial charge in [-0.1, -0.05) is 48.5 Å². The quantitative estimate of drug-likeness (QED) is 0.448. The number of hydrogen-bond donors (Lipinski definition) is 2. The Labute approximate surface area is 160 Å². The largest absolute Gasteiger partial charge is 0.494 e. The third-order valence-corrected chi connectivity index (χ3v) is 4.44. The average Bonchev–Trinajstić information content (AvgIpc) is 2.66. The van der Waals surface area contributed by atoms with Gasteiger partial charge in [0.15, 0.2) is 5.11 Å². The summed E-state index contributed by atoms with van der Waals surface area (Å²) in [5.41, 5.74) is 2.32. The van der Waals surface area contributed by atoms with Gasteiger partial charge in [-0.05, 0) is 60.5 Å². The minimum Gasteiger partial charge on any atom is -0.494 e. The Balaban J connectivity index is 1.47. The molecule has 2 N–H and O–H groups in total. The van der Waals surface area contributed by atoms with Crippen LogP contribution in [0.4, 0.5) is 5.69 Å². The molecule has 0 atom stereocenters. The van der Waals surface area contributed by atoms with Crippen LogP contribution in [0.2, 0.25) is 0 Å². The lowest BCUT2D eigenvalue weighted by atomic mass is 10.0. The summed E-state index contributed by atoms with van der Waals surface area (Å²) in [7, 11) is 0. The molecule has 0 aliphatic heterocycles. The minimum atomic E-state index is 0.636. The van der Waals surface area contributed by atoms with E-state index in [2.05, 4.69) is 53.1 Å². The number of fused-ring (bicyclic) bond motifs is 1. The van der Waals surface area contributed by atoms with Gasteiger partial charge in [-0.25, -0.2) is 0 Å². The average molecular weight is 365 g/mol. The van der Waals surface area contributed by atoms with Gasteiger partial charge in [-0.3, -0.25) is 0 Å². The lowest BCUT2D eigenvalue weighted by molar-refractivity contribution is 0.340. The topological polar surface area (TPSA) is 33.3 Å². The van der Waals surface area contributed by atoms with E-state index in [0.29, 0.717) is 11.7 Å². The molecule has 0 heterocycles. The Morgan fingerprint density at radius 1 is 1.00 bits per heavy atom. The molecule has 0 saturated carbocycles. The van der Waals surface area contributed by atoms with E-state index in [0.717, 1.165) is 30.8 Å². The molecule has 3 nitrogen and oxygen atoms in total. The number of rotatable bonds is 7. The molecule has 0 unspecified atom stereocenters. The number of hydrogen-bond acceptors (Lipinski definition) is 2. The van der Waals surface area contributed by atoms with Gasteiger partial charge in [-0.2, -0.15) is 0 Å². The molecule has 3 aromatic carbocycles. The van der Waals surface area contributed by atoms with Crippen LogP contribution in [-0.2, 0) is 6.42 Å². The molecular formula is C22H24N2OS. The maximum absolute atomic E-state index is 5.51. The van der Waals surface area contributed by atoms with Crippen LogP contribution in [0.25, 0.3) is 10.8 Å². The van der Waals surface area contributed by atoms with E-state index in [1.54, 1.807) is 0 Å². The Morgan fingerprint density at radius 3 is 2.69 bits per heavy atom. The SMILES string of the molecule is CCOc1cccc(NC(=S)NCCCc2cccc3ccccc23)c1. The van der Waals surface area contributed by atoms with Gasteiger partial charge in [0, 0.05) is 18.3 Å². The van der Waals surface area contributed by atoms with E-state index >= 15 is 0 Å². The summed E-state index contributed by atoms with van der Waals surface area (Å²) in [4.78, 5) is 0. The lowest BCUT2D eigenvalue weighted by Gasteiger charge is -2.12. The van der Waals surface area contributed by atoms with Crippen molar-refractivity contribution in [2.75, 3.05) is 18.5 Å². The van der Waals surface area contributed by atoms with Gasteiger partial charge in [-0.15, -0.1) is 0 Å². The van der Waals surface area contributed by atoms with E-state index in [9.17, 15) is 0 Å². The maximum atomic E-state index is 5.51. The Bertz CT molecular complexity index is 873. The van der Waals surface area contributed by atoms with Crippen molar-refractivity contribution in [3.63, 3.8) is 0 Å². The molecule has 0 radical (unpaired) electrons. The summed E-state index contributed by atoms with van der Waals surface area (Å²) in [6, 6.07) is 22.8. The second kappa shape index (κ2) is 9.20. The summed E-state index contributed by atoms with van der Waals surface area (Å²) < 4.78 is 5.51. The zero-order chi connectivity index (χ0) is 18.2. The molecular weight excluding hydrogens is 340 g/mol. The van der Waals surface area contributed by atoms with Crippen molar-refractivity contribution in [2.45, 2.75) is 19.8 Å². The molecule has 134 valence electrons. The maximum Gasteiger partial charge on any atom is 0.170 e. The van der Waals surface area contributed by atoms with Crippen LogP contribution in [0.5, 0.6) is 5.75 Å². The fourth-order valence-corrected chi connectivity index (χ4v) is 3.22. The molecule has 0 aliphatic carbocycles. The van der Waals surface area contributed by atoms with Gasteiger partial charge in [0.05, 0.1) is 6.61 Å². The van der Waals surface area contributed by atoms with Gasteiger partial charge in [0.2, 0.25) is 0 Å². The molecule has 0 aliphatic rings. The molecule has 0 fully saturated rings. The number of benzene rings is 3. The van der Waals surface area contributed by atoms with E-state index in [1.807, 2.05) is 31.2 Å². The number of ether oxygens (including phenoxy) is 1. The highest BCUT2D eigenvalue weighted by molar-refractivity contribution is 7.80. The third kappa shape index (κ3) is 4.96. The van der Waals surface area contributed by atoms with Crippen molar-refractivity contribution < 1.29 is 4.74 Å². The first-order valence-electron chi connectivity index (χ1n) is 9.00. The molecule has 0 amide bonds. The Hall–Kier alpha value is -2.59. The van der Waals surface area contributed by atoms with Crippen LogP contribution in [0.15, 0.2) is 66.7 Å². The monoisotopic (exact) mass is 364 g/mol. The van der Waals surface area contributed by atoms with Crippen molar-refractivity contribution in [3.8, 4) is 5.75 Å². The zero-order valence-corrected chi connectivity index (χ0v) is 15.8. The van der Waals surface area contributed by atoms with Crippen LogP contribution in [-0.4, -0.2) is 18.3 Å². The minimum absolute atomic E-state index is 0.636. The first-order chi connectivity index (χ1) is 12.8. The molecule has 0 spiro atoms. The number of anilines is 1. The van der Waals surface area contributed by atoms with E-state index in [4.69, 9.17) is 17.0 Å². The van der Waals surface area contributed by atoms with Gasteiger partial charge < -0.3 is 15.4 Å². The van der Waals surface area contributed by atoms with Gasteiger partial charge in [0.25, 0.3) is 0 Å². The van der Waals surface area contributed by atoms with Crippen molar-refractivity contribution in [3.05, 3.63) is 72.3 Å². The fourth-order valence-electron chi connectivity index (χ4n) is 3.00. The van der Waals surface area contributed by atoms with Crippen molar-refractivity contribution >= 4 is 33.8 Å². The predicted molar refractivity (Wildman–Crippen MR) is 114 cm³/mol. The summed E-state index contributed by atoms with van der Waals surface area (Å²) in [5.74, 6) is 0.844. The first kappa shape index (κ1) is 18.2. The number of aryl methyl sites for hydroxylation is 1. The molecule has 0 aromatic heterocycles. The molecule has 0 bridgehead atoms. The highest BCUT2D eigenvalue weighted by atomic mass is 32.1. The number of nitrogens with one attached hydrogen (secondary N) is 2. The molecule has 3 aromatic rings.